The van der Waals surface area contributed by atoms with Gasteiger partial charge in [-0.25, -0.2) is 0 Å². The Morgan fingerprint density at radius 2 is 0.925 bits per heavy atom. The highest BCUT2D eigenvalue weighted by molar-refractivity contribution is 7.26. The molecule has 0 amide bonds. The SMILES string of the molecule is c1ccc(-n2c3ccccc3c3ccc4c(c5ccccc5n4-c4ccc5c(c4)B4c6ccccc6Oc6cc(-n7c8ccccc8c8c9sc%10ccccc%10c9ccc87)cc(c64)O5)c32)cc1. The number of benzene rings is 10. The molecule has 0 aliphatic carbocycles. The van der Waals surface area contributed by atoms with Crippen molar-refractivity contribution in [2.45, 2.75) is 0 Å². The molecule has 67 heavy (non-hydrogen) atoms. The summed E-state index contributed by atoms with van der Waals surface area (Å²) in [6.45, 7) is -0.107. The maximum atomic E-state index is 7.11. The maximum absolute atomic E-state index is 7.11. The predicted octanol–water partition coefficient (Wildman–Crippen LogP) is 14.1. The number of thiophene rings is 1. The highest BCUT2D eigenvalue weighted by Crippen LogP contribution is 2.46. The number of fused-ring (bicyclic) bond motifs is 18. The van der Waals surface area contributed by atoms with Crippen LogP contribution in [-0.2, 0) is 0 Å². The molecule has 0 saturated heterocycles. The third-order valence-electron chi connectivity index (χ3n) is 14.5. The fourth-order valence-corrected chi connectivity index (χ4v) is 13.1. The minimum atomic E-state index is -0.107. The zero-order valence-electron chi connectivity index (χ0n) is 35.8. The van der Waals surface area contributed by atoms with Crippen molar-refractivity contribution in [3.63, 3.8) is 0 Å². The van der Waals surface area contributed by atoms with E-state index in [4.69, 9.17) is 9.47 Å². The summed E-state index contributed by atoms with van der Waals surface area (Å²) in [5, 5.41) is 10.0. The Morgan fingerprint density at radius 3 is 1.70 bits per heavy atom. The molecule has 0 saturated carbocycles. The van der Waals surface area contributed by atoms with E-state index in [0.717, 1.165) is 78.5 Å². The molecule has 0 spiro atoms. The van der Waals surface area contributed by atoms with Crippen LogP contribution >= 0.6 is 11.3 Å². The van der Waals surface area contributed by atoms with E-state index in [1.807, 2.05) is 11.3 Å². The van der Waals surface area contributed by atoms with E-state index in [2.05, 4.69) is 220 Å². The second-order valence-electron chi connectivity index (χ2n) is 17.9. The Morgan fingerprint density at radius 1 is 0.343 bits per heavy atom. The van der Waals surface area contributed by atoms with E-state index >= 15 is 0 Å². The Hall–Kier alpha value is -8.52. The van der Waals surface area contributed by atoms with Crippen LogP contribution in [0.5, 0.6) is 23.0 Å². The molecule has 14 aromatic rings. The molecule has 5 nitrogen and oxygen atoms in total. The van der Waals surface area contributed by atoms with Gasteiger partial charge in [0.05, 0.1) is 38.8 Å². The lowest BCUT2D eigenvalue weighted by Crippen LogP contribution is -2.57. The molecular formula is C60H34BN3O2S. The fraction of sp³-hybridized carbons (Fsp3) is 0. The van der Waals surface area contributed by atoms with Crippen LogP contribution in [0.4, 0.5) is 0 Å². The van der Waals surface area contributed by atoms with Gasteiger partial charge in [-0.2, -0.15) is 0 Å². The minimum Gasteiger partial charge on any atom is -0.458 e. The lowest BCUT2D eigenvalue weighted by molar-refractivity contribution is 0.464. The molecule has 0 N–H and O–H groups in total. The molecule has 2 aliphatic rings. The number of hydrogen-bond donors (Lipinski definition) is 0. The number of para-hydroxylation sites is 5. The Labute approximate surface area is 387 Å². The third-order valence-corrected chi connectivity index (χ3v) is 15.7. The number of nitrogens with zero attached hydrogens (tertiary/aromatic N) is 3. The van der Waals surface area contributed by atoms with Crippen LogP contribution in [0.3, 0.4) is 0 Å². The monoisotopic (exact) mass is 871 g/mol. The van der Waals surface area contributed by atoms with Crippen molar-refractivity contribution in [2.75, 3.05) is 0 Å². The summed E-state index contributed by atoms with van der Waals surface area (Å²) in [6.07, 6.45) is 0. The van der Waals surface area contributed by atoms with E-state index in [9.17, 15) is 0 Å². The smallest absolute Gasteiger partial charge is 0.260 e. The average Bonchev–Trinajstić information content (AvgIpc) is 4.12. The lowest BCUT2D eigenvalue weighted by Gasteiger charge is -2.33. The predicted molar refractivity (Wildman–Crippen MR) is 280 cm³/mol. The van der Waals surface area contributed by atoms with Crippen LogP contribution in [-0.4, -0.2) is 20.4 Å². The van der Waals surface area contributed by atoms with Gasteiger partial charge < -0.3 is 23.2 Å². The van der Waals surface area contributed by atoms with Crippen molar-refractivity contribution >= 4 is 120 Å². The summed E-state index contributed by atoms with van der Waals surface area (Å²) < 4.78 is 23.9. The highest BCUT2D eigenvalue weighted by atomic mass is 32.1. The second-order valence-corrected chi connectivity index (χ2v) is 19.0. The van der Waals surface area contributed by atoms with Crippen LogP contribution in [0.1, 0.15) is 0 Å². The van der Waals surface area contributed by atoms with Gasteiger partial charge in [-0.1, -0.05) is 121 Å². The second kappa shape index (κ2) is 13.1. The first kappa shape index (κ1) is 35.8. The summed E-state index contributed by atoms with van der Waals surface area (Å²) in [5.41, 5.74) is 13.6. The molecule has 0 fully saturated rings. The molecule has 7 heteroatoms. The molecule has 4 aromatic heterocycles. The van der Waals surface area contributed by atoms with E-state index in [0.29, 0.717) is 0 Å². The van der Waals surface area contributed by atoms with Gasteiger partial charge in [0, 0.05) is 81.5 Å². The van der Waals surface area contributed by atoms with Crippen molar-refractivity contribution in [1.29, 1.82) is 0 Å². The largest absolute Gasteiger partial charge is 0.458 e. The van der Waals surface area contributed by atoms with Crippen LogP contribution in [0.25, 0.3) is 103 Å². The molecule has 310 valence electrons. The summed E-state index contributed by atoms with van der Waals surface area (Å²) in [6, 6.07) is 74.9. The summed E-state index contributed by atoms with van der Waals surface area (Å²) in [5.74, 6) is 3.34. The zero-order chi connectivity index (χ0) is 43.5. The van der Waals surface area contributed by atoms with Crippen LogP contribution in [0.2, 0.25) is 0 Å². The van der Waals surface area contributed by atoms with Gasteiger partial charge in [-0.3, -0.25) is 0 Å². The fourth-order valence-electron chi connectivity index (χ4n) is 11.8. The van der Waals surface area contributed by atoms with E-state index in [1.54, 1.807) is 0 Å². The van der Waals surface area contributed by atoms with Crippen molar-refractivity contribution < 1.29 is 9.47 Å². The number of aromatic nitrogens is 3. The molecule has 10 aromatic carbocycles. The molecule has 0 radical (unpaired) electrons. The maximum Gasteiger partial charge on any atom is 0.260 e. The highest BCUT2D eigenvalue weighted by Gasteiger charge is 2.41. The van der Waals surface area contributed by atoms with Crippen molar-refractivity contribution in [2.24, 2.45) is 0 Å². The third kappa shape index (κ3) is 4.73. The standard InChI is InChI=1S/C60H34BN3O2S/c1-2-14-35(15-3-1)64-46-21-9-4-16-38(46)40-27-29-49-56(59(40)64)42-18-5-10-22-47(42)62(49)36-26-31-52-45(32-36)61-44-20-8-12-24-51(44)65-53-33-37(34-54(66-52)58(53)61)63-48-23-11-6-19-43(48)57-50(63)30-28-41-39-17-7-13-25-55(39)67-60(41)57/h1-34H. The lowest BCUT2D eigenvalue weighted by atomic mass is 9.35. The first-order chi connectivity index (χ1) is 33.2. The molecule has 6 heterocycles. The molecule has 0 atom stereocenters. The topological polar surface area (TPSA) is 33.2 Å². The normalized spacial score (nSPS) is 13.0. The van der Waals surface area contributed by atoms with Gasteiger partial charge >= 0.3 is 0 Å². The summed E-state index contributed by atoms with van der Waals surface area (Å²) in [4.78, 5) is 0. The Balaban J connectivity index is 0.915. The van der Waals surface area contributed by atoms with E-state index in [-0.39, 0.29) is 6.71 Å². The molecule has 0 bridgehead atoms. The summed E-state index contributed by atoms with van der Waals surface area (Å²) in [7, 11) is 0. The van der Waals surface area contributed by atoms with Crippen molar-refractivity contribution in [1.82, 2.24) is 13.7 Å². The van der Waals surface area contributed by atoms with E-state index < -0.39 is 0 Å². The van der Waals surface area contributed by atoms with Gasteiger partial charge in [0.15, 0.2) is 0 Å². The average molecular weight is 872 g/mol. The number of rotatable bonds is 3. The first-order valence-corrected chi connectivity index (χ1v) is 23.7. The molecular weight excluding hydrogens is 838 g/mol. The quantitative estimate of drug-likeness (QED) is 0.166. The van der Waals surface area contributed by atoms with Crippen molar-refractivity contribution in [3.05, 3.63) is 206 Å². The van der Waals surface area contributed by atoms with Gasteiger partial charge in [0.25, 0.3) is 6.71 Å². The van der Waals surface area contributed by atoms with Crippen LogP contribution in [0, 0.1) is 0 Å². The van der Waals surface area contributed by atoms with Gasteiger partial charge in [-0.15, -0.1) is 11.3 Å². The Bertz CT molecular complexity index is 4460. The van der Waals surface area contributed by atoms with Crippen LogP contribution in [0.15, 0.2) is 206 Å². The molecule has 2 aliphatic heterocycles. The zero-order valence-corrected chi connectivity index (χ0v) is 36.6. The molecule has 16 rings (SSSR count). The Kier molecular flexibility index (Phi) is 6.98. The van der Waals surface area contributed by atoms with Gasteiger partial charge in [0.1, 0.15) is 23.0 Å². The number of hydrogen-bond acceptors (Lipinski definition) is 3. The van der Waals surface area contributed by atoms with Crippen LogP contribution < -0.4 is 25.9 Å². The van der Waals surface area contributed by atoms with Gasteiger partial charge in [0.2, 0.25) is 0 Å². The summed E-state index contributed by atoms with van der Waals surface area (Å²) >= 11 is 1.88. The van der Waals surface area contributed by atoms with E-state index in [1.165, 1.54) is 63.5 Å². The van der Waals surface area contributed by atoms with Crippen molar-refractivity contribution in [3.8, 4) is 40.1 Å². The van der Waals surface area contributed by atoms with Gasteiger partial charge in [-0.05, 0) is 83.7 Å². The minimum absolute atomic E-state index is 0.107. The number of ether oxygens (including phenoxy) is 2. The molecule has 0 unspecified atom stereocenters. The first-order valence-electron chi connectivity index (χ1n) is 22.9.